The van der Waals surface area contributed by atoms with E-state index in [2.05, 4.69) is 37.9 Å². The van der Waals surface area contributed by atoms with Crippen molar-refractivity contribution in [1.29, 1.82) is 0 Å². The molecule has 3 heteroatoms. The molecule has 1 aromatic rings. The SMILES string of the molecule is Cc1ccc(N2CC(C(C)(C)C)NCC2C)cc1F. The molecular formula is C16H25FN2. The predicted octanol–water partition coefficient (Wildman–Crippen LogP) is 3.35. The van der Waals surface area contributed by atoms with Gasteiger partial charge in [0.1, 0.15) is 5.82 Å². The van der Waals surface area contributed by atoms with Crippen LogP contribution in [-0.4, -0.2) is 25.2 Å². The molecule has 0 amide bonds. The lowest BCUT2D eigenvalue weighted by atomic mass is 9.84. The van der Waals surface area contributed by atoms with Crippen LogP contribution in [0.4, 0.5) is 10.1 Å². The van der Waals surface area contributed by atoms with Gasteiger partial charge in [-0.25, -0.2) is 4.39 Å². The van der Waals surface area contributed by atoms with Gasteiger partial charge < -0.3 is 10.2 Å². The van der Waals surface area contributed by atoms with Gasteiger partial charge in [-0.2, -0.15) is 0 Å². The maximum absolute atomic E-state index is 13.8. The molecule has 1 aromatic carbocycles. The van der Waals surface area contributed by atoms with Gasteiger partial charge in [-0.3, -0.25) is 0 Å². The van der Waals surface area contributed by atoms with Gasteiger partial charge in [-0.05, 0) is 37.0 Å². The maximum atomic E-state index is 13.8. The van der Waals surface area contributed by atoms with Gasteiger partial charge in [-0.1, -0.05) is 26.8 Å². The Balaban J connectivity index is 2.23. The second kappa shape index (κ2) is 5.12. The molecule has 0 radical (unpaired) electrons. The van der Waals surface area contributed by atoms with Crippen molar-refractivity contribution in [3.8, 4) is 0 Å². The minimum absolute atomic E-state index is 0.115. The fourth-order valence-electron chi connectivity index (χ4n) is 2.56. The Morgan fingerprint density at radius 2 is 2.00 bits per heavy atom. The van der Waals surface area contributed by atoms with Crippen LogP contribution in [0.2, 0.25) is 0 Å². The number of nitrogens with one attached hydrogen (secondary N) is 1. The largest absolute Gasteiger partial charge is 0.366 e. The molecule has 0 aromatic heterocycles. The van der Waals surface area contributed by atoms with Crippen molar-refractivity contribution in [2.45, 2.75) is 46.7 Å². The fraction of sp³-hybridized carbons (Fsp3) is 0.625. The van der Waals surface area contributed by atoms with Crippen LogP contribution in [0, 0.1) is 18.2 Å². The number of hydrogen-bond donors (Lipinski definition) is 1. The van der Waals surface area contributed by atoms with E-state index in [0.29, 0.717) is 17.6 Å². The zero-order valence-corrected chi connectivity index (χ0v) is 12.6. The van der Waals surface area contributed by atoms with Gasteiger partial charge in [0.2, 0.25) is 0 Å². The van der Waals surface area contributed by atoms with Crippen LogP contribution in [0.5, 0.6) is 0 Å². The van der Waals surface area contributed by atoms with Gasteiger partial charge in [0.15, 0.2) is 0 Å². The van der Waals surface area contributed by atoms with Crippen LogP contribution in [0.1, 0.15) is 33.3 Å². The van der Waals surface area contributed by atoms with E-state index in [1.54, 1.807) is 13.0 Å². The molecule has 106 valence electrons. The summed E-state index contributed by atoms with van der Waals surface area (Å²) in [5.41, 5.74) is 1.91. The van der Waals surface area contributed by atoms with Crippen LogP contribution in [0.3, 0.4) is 0 Å². The first-order valence-electron chi connectivity index (χ1n) is 7.05. The van der Waals surface area contributed by atoms with E-state index >= 15 is 0 Å². The molecule has 1 fully saturated rings. The van der Waals surface area contributed by atoms with E-state index in [0.717, 1.165) is 18.8 Å². The van der Waals surface area contributed by atoms with Crippen molar-refractivity contribution in [3.05, 3.63) is 29.6 Å². The fourth-order valence-corrected chi connectivity index (χ4v) is 2.56. The predicted molar refractivity (Wildman–Crippen MR) is 79.2 cm³/mol. The average molecular weight is 264 g/mol. The number of rotatable bonds is 1. The summed E-state index contributed by atoms with van der Waals surface area (Å²) in [5, 5.41) is 3.60. The third kappa shape index (κ3) is 3.08. The van der Waals surface area contributed by atoms with Crippen molar-refractivity contribution in [2.24, 2.45) is 5.41 Å². The van der Waals surface area contributed by atoms with Gasteiger partial charge in [0.05, 0.1) is 0 Å². The van der Waals surface area contributed by atoms with E-state index in [9.17, 15) is 4.39 Å². The summed E-state index contributed by atoms with van der Waals surface area (Å²) in [6.45, 7) is 12.6. The monoisotopic (exact) mass is 264 g/mol. The molecule has 2 rings (SSSR count). The highest BCUT2D eigenvalue weighted by molar-refractivity contribution is 5.50. The summed E-state index contributed by atoms with van der Waals surface area (Å²) in [7, 11) is 0. The van der Waals surface area contributed by atoms with Crippen LogP contribution in [0.25, 0.3) is 0 Å². The van der Waals surface area contributed by atoms with Gasteiger partial charge >= 0.3 is 0 Å². The number of aryl methyl sites for hydroxylation is 1. The summed E-state index contributed by atoms with van der Waals surface area (Å²) >= 11 is 0. The quantitative estimate of drug-likeness (QED) is 0.837. The molecule has 0 bridgehead atoms. The van der Waals surface area contributed by atoms with Crippen molar-refractivity contribution in [2.75, 3.05) is 18.0 Å². The normalized spacial score (nSPS) is 24.6. The Hall–Kier alpha value is -1.09. The summed E-state index contributed by atoms with van der Waals surface area (Å²) < 4.78 is 13.8. The molecule has 19 heavy (non-hydrogen) atoms. The van der Waals surface area contributed by atoms with Crippen LogP contribution in [0.15, 0.2) is 18.2 Å². The first-order chi connectivity index (χ1) is 8.79. The summed E-state index contributed by atoms with van der Waals surface area (Å²) in [5.74, 6) is -0.115. The van der Waals surface area contributed by atoms with E-state index in [4.69, 9.17) is 0 Å². The number of anilines is 1. The molecule has 0 spiro atoms. The first kappa shape index (κ1) is 14.3. The summed E-state index contributed by atoms with van der Waals surface area (Å²) in [6, 6.07) is 6.37. The Bertz CT molecular complexity index is 451. The molecule has 1 saturated heterocycles. The van der Waals surface area contributed by atoms with Crippen molar-refractivity contribution >= 4 is 5.69 Å². The standard InChI is InChI=1S/C16H25FN2/c1-11-6-7-13(8-14(11)17)19-10-15(16(3,4)5)18-9-12(19)2/h6-8,12,15,18H,9-10H2,1-5H3. The van der Waals surface area contributed by atoms with Crippen LogP contribution >= 0.6 is 0 Å². The lowest BCUT2D eigenvalue weighted by Crippen LogP contribution is -2.59. The molecular weight excluding hydrogens is 239 g/mol. The third-order valence-corrected chi connectivity index (χ3v) is 4.10. The maximum Gasteiger partial charge on any atom is 0.128 e. The number of piperazine rings is 1. The highest BCUT2D eigenvalue weighted by Gasteiger charge is 2.32. The molecule has 2 unspecified atom stereocenters. The summed E-state index contributed by atoms with van der Waals surface area (Å²) in [4.78, 5) is 2.31. The van der Waals surface area contributed by atoms with E-state index in [-0.39, 0.29) is 11.2 Å². The van der Waals surface area contributed by atoms with E-state index < -0.39 is 0 Å². The average Bonchev–Trinajstić information content (AvgIpc) is 2.32. The highest BCUT2D eigenvalue weighted by Crippen LogP contribution is 2.28. The van der Waals surface area contributed by atoms with Crippen LogP contribution in [-0.2, 0) is 0 Å². The first-order valence-corrected chi connectivity index (χ1v) is 7.05. The molecule has 2 atom stereocenters. The molecule has 1 N–H and O–H groups in total. The van der Waals surface area contributed by atoms with E-state index in [1.165, 1.54) is 0 Å². The Morgan fingerprint density at radius 1 is 1.32 bits per heavy atom. The number of benzene rings is 1. The highest BCUT2D eigenvalue weighted by atomic mass is 19.1. The Morgan fingerprint density at radius 3 is 2.58 bits per heavy atom. The molecule has 1 heterocycles. The molecule has 1 aliphatic rings. The lowest BCUT2D eigenvalue weighted by Gasteiger charge is -2.45. The Kier molecular flexibility index (Phi) is 3.86. The van der Waals surface area contributed by atoms with Gasteiger partial charge in [0.25, 0.3) is 0 Å². The van der Waals surface area contributed by atoms with Crippen molar-refractivity contribution < 1.29 is 4.39 Å². The minimum atomic E-state index is -0.115. The van der Waals surface area contributed by atoms with Crippen LogP contribution < -0.4 is 10.2 Å². The number of halogens is 1. The topological polar surface area (TPSA) is 15.3 Å². The second-order valence-electron chi connectivity index (χ2n) is 6.76. The van der Waals surface area contributed by atoms with Gasteiger partial charge in [0, 0.05) is 30.9 Å². The van der Waals surface area contributed by atoms with E-state index in [1.807, 2.05) is 12.1 Å². The third-order valence-electron chi connectivity index (χ3n) is 4.10. The molecule has 0 saturated carbocycles. The molecule has 0 aliphatic carbocycles. The van der Waals surface area contributed by atoms with Crippen molar-refractivity contribution in [1.82, 2.24) is 5.32 Å². The molecule has 2 nitrogen and oxygen atoms in total. The smallest absolute Gasteiger partial charge is 0.128 e. The minimum Gasteiger partial charge on any atom is -0.366 e. The van der Waals surface area contributed by atoms with Crippen molar-refractivity contribution in [3.63, 3.8) is 0 Å². The molecule has 1 aliphatic heterocycles. The zero-order chi connectivity index (χ0) is 14.2. The lowest BCUT2D eigenvalue weighted by molar-refractivity contribution is 0.239. The number of nitrogens with zero attached hydrogens (tertiary/aromatic N) is 1. The Labute approximate surface area is 116 Å². The second-order valence-corrected chi connectivity index (χ2v) is 6.76. The number of hydrogen-bond acceptors (Lipinski definition) is 2. The zero-order valence-electron chi connectivity index (χ0n) is 12.6. The summed E-state index contributed by atoms with van der Waals surface area (Å²) in [6.07, 6.45) is 0. The van der Waals surface area contributed by atoms with Gasteiger partial charge in [-0.15, -0.1) is 0 Å².